The van der Waals surface area contributed by atoms with Crippen molar-refractivity contribution in [1.82, 2.24) is 5.32 Å². The van der Waals surface area contributed by atoms with Crippen LogP contribution in [0.1, 0.15) is 31.2 Å². The van der Waals surface area contributed by atoms with Gasteiger partial charge in [-0.15, -0.1) is 12.4 Å². The molecule has 2 aromatic rings. The molecular formula is C20H25ClN2O2. The Morgan fingerprint density at radius 2 is 1.84 bits per heavy atom. The number of carbonyl (C=O) groups excluding carboxylic acids is 1. The van der Waals surface area contributed by atoms with E-state index in [9.17, 15) is 4.79 Å². The maximum absolute atomic E-state index is 12.1. The second-order valence-electron chi connectivity index (χ2n) is 6.40. The summed E-state index contributed by atoms with van der Waals surface area (Å²) >= 11 is 0. The van der Waals surface area contributed by atoms with Crippen LogP contribution in [0.3, 0.4) is 0 Å². The van der Waals surface area contributed by atoms with Crippen LogP contribution in [0.2, 0.25) is 0 Å². The zero-order valence-electron chi connectivity index (χ0n) is 14.2. The minimum atomic E-state index is 0. The van der Waals surface area contributed by atoms with Crippen molar-refractivity contribution in [2.75, 3.05) is 0 Å². The lowest BCUT2D eigenvalue weighted by atomic mass is 10.00. The molecule has 1 amide bonds. The highest BCUT2D eigenvalue weighted by molar-refractivity contribution is 5.85. The second-order valence-corrected chi connectivity index (χ2v) is 6.40. The van der Waals surface area contributed by atoms with Crippen molar-refractivity contribution in [1.29, 1.82) is 0 Å². The minimum Gasteiger partial charge on any atom is -0.457 e. The molecule has 4 nitrogen and oxygen atoms in total. The molecule has 0 aliphatic heterocycles. The standard InChI is InChI=1S/C20H24N2O2.ClH/c21-19-11-5-7-16(19)13-20(23)22-14-15-6-4-10-18(12-15)24-17-8-2-1-3-9-17;/h1-4,6,8-10,12,16,19H,5,7,11,13-14,21H2,(H,22,23);1H/t16-,19+;/m0./s1. The van der Waals surface area contributed by atoms with Crippen LogP contribution in [0, 0.1) is 5.92 Å². The second kappa shape index (κ2) is 9.44. The molecule has 134 valence electrons. The van der Waals surface area contributed by atoms with E-state index in [0.29, 0.717) is 18.9 Å². The van der Waals surface area contributed by atoms with E-state index in [4.69, 9.17) is 10.5 Å². The minimum absolute atomic E-state index is 0. The third kappa shape index (κ3) is 5.76. The van der Waals surface area contributed by atoms with E-state index in [0.717, 1.165) is 36.3 Å². The molecule has 0 saturated heterocycles. The van der Waals surface area contributed by atoms with Crippen molar-refractivity contribution in [2.24, 2.45) is 11.7 Å². The summed E-state index contributed by atoms with van der Waals surface area (Å²) in [6.07, 6.45) is 3.77. The highest BCUT2D eigenvalue weighted by Gasteiger charge is 2.25. The Morgan fingerprint density at radius 3 is 2.56 bits per heavy atom. The van der Waals surface area contributed by atoms with Crippen molar-refractivity contribution in [2.45, 2.75) is 38.3 Å². The highest BCUT2D eigenvalue weighted by atomic mass is 35.5. The van der Waals surface area contributed by atoms with Crippen LogP contribution in [-0.2, 0) is 11.3 Å². The van der Waals surface area contributed by atoms with Crippen LogP contribution in [0.25, 0.3) is 0 Å². The number of para-hydroxylation sites is 1. The molecule has 0 radical (unpaired) electrons. The zero-order valence-corrected chi connectivity index (χ0v) is 15.0. The predicted octanol–water partition coefficient (Wildman–Crippen LogP) is 4.03. The Morgan fingerprint density at radius 1 is 1.08 bits per heavy atom. The first-order valence-electron chi connectivity index (χ1n) is 8.55. The van der Waals surface area contributed by atoms with Gasteiger partial charge in [-0.05, 0) is 48.6 Å². The Balaban J connectivity index is 0.00000225. The number of carbonyl (C=O) groups is 1. The third-order valence-corrected chi connectivity index (χ3v) is 4.53. The Hall–Kier alpha value is -2.04. The van der Waals surface area contributed by atoms with Crippen LogP contribution < -0.4 is 15.8 Å². The van der Waals surface area contributed by atoms with Gasteiger partial charge in [-0.2, -0.15) is 0 Å². The summed E-state index contributed by atoms with van der Waals surface area (Å²) in [7, 11) is 0. The lowest BCUT2D eigenvalue weighted by Crippen LogP contribution is -2.31. The molecule has 2 aromatic carbocycles. The van der Waals surface area contributed by atoms with Gasteiger partial charge in [0.15, 0.2) is 0 Å². The third-order valence-electron chi connectivity index (χ3n) is 4.53. The fourth-order valence-electron chi connectivity index (χ4n) is 3.17. The predicted molar refractivity (Wildman–Crippen MR) is 102 cm³/mol. The van der Waals surface area contributed by atoms with E-state index in [2.05, 4.69) is 5.32 Å². The maximum Gasteiger partial charge on any atom is 0.220 e. The molecule has 25 heavy (non-hydrogen) atoms. The fourth-order valence-corrected chi connectivity index (χ4v) is 3.17. The molecule has 2 atom stereocenters. The highest BCUT2D eigenvalue weighted by Crippen LogP contribution is 2.26. The molecule has 0 bridgehead atoms. The number of nitrogens with one attached hydrogen (secondary N) is 1. The lowest BCUT2D eigenvalue weighted by molar-refractivity contribution is -0.122. The van der Waals surface area contributed by atoms with Crippen LogP contribution in [0.15, 0.2) is 54.6 Å². The number of amides is 1. The van der Waals surface area contributed by atoms with Gasteiger partial charge < -0.3 is 15.8 Å². The number of ether oxygens (including phenoxy) is 1. The van der Waals surface area contributed by atoms with Crippen molar-refractivity contribution in [3.63, 3.8) is 0 Å². The number of hydrogen-bond donors (Lipinski definition) is 2. The molecule has 0 heterocycles. The average molecular weight is 361 g/mol. The SMILES string of the molecule is Cl.N[C@@H]1CCC[C@H]1CC(=O)NCc1cccc(Oc2ccccc2)c1. The van der Waals surface area contributed by atoms with Gasteiger partial charge in [0.05, 0.1) is 0 Å². The fraction of sp³-hybridized carbons (Fsp3) is 0.350. The Kier molecular flexibility index (Phi) is 7.29. The first kappa shape index (κ1) is 19.3. The number of hydrogen-bond acceptors (Lipinski definition) is 3. The van der Waals surface area contributed by atoms with Gasteiger partial charge in [0.25, 0.3) is 0 Å². The smallest absolute Gasteiger partial charge is 0.220 e. The van der Waals surface area contributed by atoms with Gasteiger partial charge in [-0.1, -0.05) is 36.8 Å². The molecule has 3 N–H and O–H groups in total. The quantitative estimate of drug-likeness (QED) is 0.817. The van der Waals surface area contributed by atoms with Crippen molar-refractivity contribution < 1.29 is 9.53 Å². The molecule has 0 unspecified atom stereocenters. The maximum atomic E-state index is 12.1. The van der Waals surface area contributed by atoms with Crippen LogP contribution in [-0.4, -0.2) is 11.9 Å². The van der Waals surface area contributed by atoms with E-state index < -0.39 is 0 Å². The van der Waals surface area contributed by atoms with Gasteiger partial charge in [0.1, 0.15) is 11.5 Å². The molecule has 0 spiro atoms. The average Bonchev–Trinajstić information content (AvgIpc) is 2.99. The van der Waals surface area contributed by atoms with E-state index in [1.54, 1.807) is 0 Å². The summed E-state index contributed by atoms with van der Waals surface area (Å²) < 4.78 is 5.82. The summed E-state index contributed by atoms with van der Waals surface area (Å²) in [6.45, 7) is 0.507. The van der Waals surface area contributed by atoms with Crippen LogP contribution in [0.4, 0.5) is 0 Å². The Bertz CT molecular complexity index is 678. The molecule has 1 aliphatic carbocycles. The summed E-state index contributed by atoms with van der Waals surface area (Å²) in [5.41, 5.74) is 7.05. The molecule has 1 aliphatic rings. The van der Waals surface area contributed by atoms with E-state index >= 15 is 0 Å². The van der Waals surface area contributed by atoms with Crippen molar-refractivity contribution in [3.8, 4) is 11.5 Å². The molecule has 1 saturated carbocycles. The van der Waals surface area contributed by atoms with Gasteiger partial charge in [0, 0.05) is 19.0 Å². The summed E-state index contributed by atoms with van der Waals surface area (Å²) in [4.78, 5) is 12.1. The number of nitrogens with two attached hydrogens (primary N) is 1. The summed E-state index contributed by atoms with van der Waals surface area (Å²) in [5, 5.41) is 2.99. The van der Waals surface area contributed by atoms with E-state index in [1.165, 1.54) is 0 Å². The van der Waals surface area contributed by atoms with Gasteiger partial charge in [-0.25, -0.2) is 0 Å². The van der Waals surface area contributed by atoms with E-state index in [-0.39, 0.29) is 24.4 Å². The molecule has 0 aromatic heterocycles. The number of rotatable bonds is 6. The Labute approximate surface area is 155 Å². The molecule has 3 rings (SSSR count). The molecule has 5 heteroatoms. The summed E-state index contributed by atoms with van der Waals surface area (Å²) in [5.74, 6) is 1.98. The van der Waals surface area contributed by atoms with Crippen LogP contribution >= 0.6 is 12.4 Å². The molecular weight excluding hydrogens is 336 g/mol. The zero-order chi connectivity index (χ0) is 16.8. The van der Waals surface area contributed by atoms with Gasteiger partial charge in [-0.3, -0.25) is 4.79 Å². The summed E-state index contributed by atoms with van der Waals surface area (Å²) in [6, 6.07) is 17.6. The first-order chi connectivity index (χ1) is 11.7. The van der Waals surface area contributed by atoms with Crippen molar-refractivity contribution in [3.05, 3.63) is 60.2 Å². The molecule has 1 fully saturated rings. The number of benzene rings is 2. The largest absolute Gasteiger partial charge is 0.457 e. The monoisotopic (exact) mass is 360 g/mol. The lowest BCUT2D eigenvalue weighted by Gasteiger charge is -2.15. The van der Waals surface area contributed by atoms with Gasteiger partial charge in [0.2, 0.25) is 5.91 Å². The number of halogens is 1. The van der Waals surface area contributed by atoms with Gasteiger partial charge >= 0.3 is 0 Å². The normalized spacial score (nSPS) is 19.1. The van der Waals surface area contributed by atoms with Crippen LogP contribution in [0.5, 0.6) is 11.5 Å². The van der Waals surface area contributed by atoms with Crippen molar-refractivity contribution >= 4 is 18.3 Å². The van der Waals surface area contributed by atoms with E-state index in [1.807, 2.05) is 54.6 Å². The topological polar surface area (TPSA) is 64.4 Å². The first-order valence-corrected chi connectivity index (χ1v) is 8.55.